The van der Waals surface area contributed by atoms with Gasteiger partial charge in [0.15, 0.2) is 0 Å². The van der Waals surface area contributed by atoms with E-state index in [1.165, 1.54) is 17.9 Å². The van der Waals surface area contributed by atoms with Gasteiger partial charge in [0.2, 0.25) is 0 Å². The second-order valence-electron chi connectivity index (χ2n) is 8.31. The molecule has 2 saturated heterocycles. The molecule has 2 aromatic rings. The van der Waals surface area contributed by atoms with Gasteiger partial charge in [-0.1, -0.05) is 0 Å². The van der Waals surface area contributed by atoms with E-state index in [1.807, 2.05) is 24.3 Å². The zero-order chi connectivity index (χ0) is 21.8. The number of piperidine rings is 1. The Morgan fingerprint density at radius 3 is 2.68 bits per heavy atom. The van der Waals surface area contributed by atoms with E-state index in [0.717, 1.165) is 49.8 Å². The molecule has 7 nitrogen and oxygen atoms in total. The molecule has 3 heterocycles. The molecule has 2 fully saturated rings. The molecule has 2 aliphatic heterocycles. The summed E-state index contributed by atoms with van der Waals surface area (Å²) in [7, 11) is 5.04. The number of methoxy groups -OCH3 is 2. The van der Waals surface area contributed by atoms with Gasteiger partial charge in [-0.25, -0.2) is 0 Å². The lowest BCUT2D eigenvalue weighted by atomic mass is 9.95. The normalized spacial score (nSPS) is 20.0. The molecule has 1 aromatic carbocycles. The van der Waals surface area contributed by atoms with Gasteiger partial charge < -0.3 is 14.8 Å². The number of aryl methyl sites for hydroxylation is 1. The summed E-state index contributed by atoms with van der Waals surface area (Å²) in [6, 6.07) is 8.14. The Kier molecular flexibility index (Phi) is 7.07. The minimum atomic E-state index is -0.0854. The van der Waals surface area contributed by atoms with E-state index >= 15 is 0 Å². The standard InChI is InChI=1S/C23H32N4O3S/c1-26-21(13-20(25-26)19-12-18(29-2)4-5-22(19)30-3)23(28)24-14-16-6-9-27(10-7-16)17-8-11-31-15-17/h4-5,12-13,16-17H,6-11,14-15H2,1-3H3,(H,24,28)/t17-/m1/s1. The number of likely N-dealkylation sites (tertiary alicyclic amines) is 1. The minimum absolute atomic E-state index is 0.0854. The number of benzene rings is 1. The monoisotopic (exact) mass is 444 g/mol. The van der Waals surface area contributed by atoms with Crippen molar-refractivity contribution in [2.45, 2.75) is 25.3 Å². The van der Waals surface area contributed by atoms with E-state index in [1.54, 1.807) is 25.9 Å². The van der Waals surface area contributed by atoms with Gasteiger partial charge in [-0.2, -0.15) is 16.9 Å². The van der Waals surface area contributed by atoms with Gasteiger partial charge in [-0.3, -0.25) is 14.4 Å². The van der Waals surface area contributed by atoms with Crippen molar-refractivity contribution in [3.63, 3.8) is 0 Å². The first-order valence-electron chi connectivity index (χ1n) is 11.0. The fourth-order valence-electron chi connectivity index (χ4n) is 4.49. The zero-order valence-electron chi connectivity index (χ0n) is 18.6. The van der Waals surface area contributed by atoms with Gasteiger partial charge in [0.1, 0.15) is 17.2 Å². The summed E-state index contributed by atoms with van der Waals surface area (Å²) in [4.78, 5) is 15.5. The number of ether oxygens (including phenoxy) is 2. The van der Waals surface area contributed by atoms with Crippen LogP contribution in [0.15, 0.2) is 24.3 Å². The molecule has 1 N–H and O–H groups in total. The molecular formula is C23H32N4O3S. The van der Waals surface area contributed by atoms with Gasteiger partial charge in [0, 0.05) is 31.0 Å². The van der Waals surface area contributed by atoms with E-state index in [4.69, 9.17) is 9.47 Å². The Hall–Kier alpha value is -2.19. The second kappa shape index (κ2) is 9.96. The smallest absolute Gasteiger partial charge is 0.269 e. The van der Waals surface area contributed by atoms with Gasteiger partial charge in [-0.15, -0.1) is 0 Å². The third kappa shape index (κ3) is 5.01. The molecule has 2 aliphatic rings. The Bertz CT molecular complexity index is 902. The van der Waals surface area contributed by atoms with Gasteiger partial charge in [0.25, 0.3) is 5.91 Å². The molecule has 4 rings (SSSR count). The van der Waals surface area contributed by atoms with Crippen LogP contribution in [0.2, 0.25) is 0 Å². The molecule has 0 radical (unpaired) electrons. The number of rotatable bonds is 7. The van der Waals surface area contributed by atoms with Crippen LogP contribution in [0.5, 0.6) is 11.5 Å². The molecule has 1 atom stereocenters. The first kappa shape index (κ1) is 22.0. The highest BCUT2D eigenvalue weighted by Crippen LogP contribution is 2.33. The van der Waals surface area contributed by atoms with Crippen molar-refractivity contribution >= 4 is 17.7 Å². The van der Waals surface area contributed by atoms with Gasteiger partial charge in [0.05, 0.1) is 19.9 Å². The van der Waals surface area contributed by atoms with Crippen LogP contribution in [0.1, 0.15) is 29.8 Å². The Morgan fingerprint density at radius 1 is 1.19 bits per heavy atom. The topological polar surface area (TPSA) is 68.6 Å². The number of hydrogen-bond acceptors (Lipinski definition) is 6. The SMILES string of the molecule is COc1ccc(OC)c(-c2cc(C(=O)NCC3CCN([C@@H]4CCSC4)CC3)n(C)n2)c1. The van der Waals surface area contributed by atoms with Crippen molar-refractivity contribution < 1.29 is 14.3 Å². The van der Waals surface area contributed by atoms with Crippen LogP contribution in [0, 0.1) is 5.92 Å². The minimum Gasteiger partial charge on any atom is -0.497 e. The quantitative estimate of drug-likeness (QED) is 0.708. The van der Waals surface area contributed by atoms with Crippen LogP contribution in [-0.2, 0) is 7.05 Å². The summed E-state index contributed by atoms with van der Waals surface area (Å²) in [6.45, 7) is 3.02. The first-order valence-corrected chi connectivity index (χ1v) is 12.1. The van der Waals surface area contributed by atoms with Crippen molar-refractivity contribution in [1.29, 1.82) is 0 Å². The van der Waals surface area contributed by atoms with Crippen LogP contribution in [0.25, 0.3) is 11.3 Å². The largest absolute Gasteiger partial charge is 0.497 e. The summed E-state index contributed by atoms with van der Waals surface area (Å²) < 4.78 is 12.4. The molecule has 0 aliphatic carbocycles. The summed E-state index contributed by atoms with van der Waals surface area (Å²) in [6.07, 6.45) is 3.63. The van der Waals surface area contributed by atoms with E-state index in [0.29, 0.717) is 23.1 Å². The lowest BCUT2D eigenvalue weighted by Gasteiger charge is -2.35. The Labute approximate surface area is 188 Å². The maximum Gasteiger partial charge on any atom is 0.269 e. The molecule has 0 bridgehead atoms. The number of carbonyl (C=O) groups excluding carboxylic acids is 1. The maximum absolute atomic E-state index is 12.9. The highest BCUT2D eigenvalue weighted by molar-refractivity contribution is 7.99. The lowest BCUT2D eigenvalue weighted by molar-refractivity contribution is 0.0919. The third-order valence-electron chi connectivity index (χ3n) is 6.42. The predicted molar refractivity (Wildman–Crippen MR) is 124 cm³/mol. The summed E-state index contributed by atoms with van der Waals surface area (Å²) in [5.74, 6) is 4.45. The fourth-order valence-corrected chi connectivity index (χ4v) is 5.74. The second-order valence-corrected chi connectivity index (χ2v) is 9.46. The summed E-state index contributed by atoms with van der Waals surface area (Å²) >= 11 is 2.07. The maximum atomic E-state index is 12.9. The van der Waals surface area contributed by atoms with Crippen LogP contribution in [0.3, 0.4) is 0 Å². The summed E-state index contributed by atoms with van der Waals surface area (Å²) in [5.41, 5.74) is 2.03. The molecular weight excluding hydrogens is 412 g/mol. The number of amides is 1. The Morgan fingerprint density at radius 2 is 2.00 bits per heavy atom. The highest BCUT2D eigenvalue weighted by Gasteiger charge is 2.27. The zero-order valence-corrected chi connectivity index (χ0v) is 19.4. The number of carbonyl (C=O) groups is 1. The highest BCUT2D eigenvalue weighted by atomic mass is 32.2. The molecule has 0 saturated carbocycles. The molecule has 31 heavy (non-hydrogen) atoms. The fraction of sp³-hybridized carbons (Fsp3) is 0.565. The predicted octanol–water partition coefficient (Wildman–Crippen LogP) is 3.05. The average molecular weight is 445 g/mol. The van der Waals surface area contributed by atoms with E-state index in [2.05, 4.69) is 27.1 Å². The van der Waals surface area contributed by atoms with Crippen LogP contribution >= 0.6 is 11.8 Å². The molecule has 168 valence electrons. The molecule has 8 heteroatoms. The Balaban J connectivity index is 1.36. The van der Waals surface area contributed by atoms with Gasteiger partial charge in [-0.05, 0) is 68.3 Å². The van der Waals surface area contributed by atoms with Crippen molar-refractivity contribution in [3.8, 4) is 22.8 Å². The molecule has 1 amide bonds. The molecule has 0 spiro atoms. The summed E-state index contributed by atoms with van der Waals surface area (Å²) in [5, 5.41) is 7.68. The third-order valence-corrected chi connectivity index (χ3v) is 7.56. The number of nitrogens with zero attached hydrogens (tertiary/aromatic N) is 3. The van der Waals surface area contributed by atoms with Crippen LogP contribution in [-0.4, -0.2) is 72.0 Å². The van der Waals surface area contributed by atoms with E-state index in [9.17, 15) is 4.79 Å². The molecule has 1 aromatic heterocycles. The van der Waals surface area contributed by atoms with E-state index in [-0.39, 0.29) is 5.91 Å². The van der Waals surface area contributed by atoms with Crippen molar-refractivity contribution in [1.82, 2.24) is 20.0 Å². The van der Waals surface area contributed by atoms with Crippen LogP contribution < -0.4 is 14.8 Å². The van der Waals surface area contributed by atoms with Crippen molar-refractivity contribution in [2.24, 2.45) is 13.0 Å². The van der Waals surface area contributed by atoms with Crippen LogP contribution in [0.4, 0.5) is 0 Å². The number of thioether (sulfide) groups is 1. The lowest BCUT2D eigenvalue weighted by Crippen LogP contribution is -2.43. The first-order chi connectivity index (χ1) is 15.1. The van der Waals surface area contributed by atoms with Crippen molar-refractivity contribution in [3.05, 3.63) is 30.0 Å². The molecule has 0 unspecified atom stereocenters. The average Bonchev–Trinajstić information content (AvgIpc) is 3.47. The van der Waals surface area contributed by atoms with E-state index < -0.39 is 0 Å². The van der Waals surface area contributed by atoms with Gasteiger partial charge >= 0.3 is 0 Å². The number of aromatic nitrogens is 2. The number of nitrogens with one attached hydrogen (secondary N) is 1. The number of hydrogen-bond donors (Lipinski definition) is 1. The van der Waals surface area contributed by atoms with Crippen molar-refractivity contribution in [2.75, 3.05) is 45.4 Å².